The summed E-state index contributed by atoms with van der Waals surface area (Å²) in [7, 11) is 0. The van der Waals surface area contributed by atoms with Crippen LogP contribution in [0.4, 0.5) is 13.2 Å². The van der Waals surface area contributed by atoms with Crippen molar-refractivity contribution in [2.75, 3.05) is 13.3 Å². The number of ether oxygens (including phenoxy) is 2. The number of nitrogens with zero attached hydrogens (tertiary/aromatic N) is 2. The van der Waals surface area contributed by atoms with Crippen LogP contribution in [-0.2, 0) is 0 Å². The van der Waals surface area contributed by atoms with Crippen LogP contribution < -0.4 is 15.0 Å². The highest BCUT2D eigenvalue weighted by Crippen LogP contribution is 2.22. The topological polar surface area (TPSA) is 77.1 Å². The van der Waals surface area contributed by atoms with Crippen molar-refractivity contribution in [1.82, 2.24) is 15.0 Å². The van der Waals surface area contributed by atoms with Crippen LogP contribution in [0.25, 0.3) is 10.9 Å². The van der Waals surface area contributed by atoms with Gasteiger partial charge in [-0.2, -0.15) is 13.8 Å². The number of aromatic nitrogens is 3. The molecule has 0 spiro atoms. The van der Waals surface area contributed by atoms with Crippen molar-refractivity contribution in [3.8, 4) is 11.8 Å². The van der Waals surface area contributed by atoms with Crippen LogP contribution in [0.3, 0.4) is 0 Å². The minimum Gasteiger partial charge on any atom is -0.491 e. The van der Waals surface area contributed by atoms with Gasteiger partial charge in [-0.15, -0.1) is 0 Å². The van der Waals surface area contributed by atoms with Crippen LogP contribution >= 0.6 is 0 Å². The number of aromatic amines is 1. The Morgan fingerprint density at radius 2 is 2.15 bits per heavy atom. The van der Waals surface area contributed by atoms with Gasteiger partial charge in [0.15, 0.2) is 12.4 Å². The maximum Gasteiger partial charge on any atom is 0.429 e. The number of halogens is 3. The second-order valence-electron chi connectivity index (χ2n) is 3.71. The molecule has 0 saturated carbocycles. The predicted octanol–water partition coefficient (Wildman–Crippen LogP) is 1.66. The minimum atomic E-state index is -4.06. The molecule has 0 amide bonds. The molecule has 20 heavy (non-hydrogen) atoms. The summed E-state index contributed by atoms with van der Waals surface area (Å²) in [6, 6.07) is -0.791. The second kappa shape index (κ2) is 5.35. The number of fused-ring (bicyclic) bond motifs is 1. The van der Waals surface area contributed by atoms with Crippen molar-refractivity contribution in [2.24, 2.45) is 0 Å². The maximum absolute atomic E-state index is 12.8. The Bertz CT molecular complexity index is 675. The molecule has 2 aromatic heterocycles. The average Bonchev–Trinajstić information content (AvgIpc) is 2.38. The first-order chi connectivity index (χ1) is 9.46. The van der Waals surface area contributed by atoms with Gasteiger partial charge in [0.05, 0.1) is 19.0 Å². The lowest BCUT2D eigenvalue weighted by Crippen LogP contribution is -2.29. The number of hydrogen-bond acceptors (Lipinski definition) is 5. The SMILES string of the molecule is CCOc1cncc2nc(OC(F)(F)CF)[nH]c(=O)c12. The highest BCUT2D eigenvalue weighted by molar-refractivity contribution is 5.83. The smallest absolute Gasteiger partial charge is 0.429 e. The second-order valence-corrected chi connectivity index (χ2v) is 3.71. The summed E-state index contributed by atoms with van der Waals surface area (Å²) in [6.45, 7) is -0.0376. The first-order valence-electron chi connectivity index (χ1n) is 5.60. The van der Waals surface area contributed by atoms with Crippen LogP contribution in [-0.4, -0.2) is 34.3 Å². The normalized spacial score (nSPS) is 11.6. The third-order valence-corrected chi connectivity index (χ3v) is 2.26. The summed E-state index contributed by atoms with van der Waals surface area (Å²) in [6.07, 6.45) is -1.57. The van der Waals surface area contributed by atoms with Gasteiger partial charge in [0.2, 0.25) is 0 Å². The molecule has 2 rings (SSSR count). The fourth-order valence-electron chi connectivity index (χ4n) is 1.52. The number of rotatable bonds is 5. The number of H-pyrrole nitrogens is 1. The van der Waals surface area contributed by atoms with E-state index in [0.29, 0.717) is 6.61 Å². The fraction of sp³-hybridized carbons (Fsp3) is 0.364. The Kier molecular flexibility index (Phi) is 3.77. The molecule has 0 fully saturated rings. The van der Waals surface area contributed by atoms with E-state index < -0.39 is 24.4 Å². The molecule has 0 bridgehead atoms. The van der Waals surface area contributed by atoms with Gasteiger partial charge in [-0.25, -0.2) is 4.39 Å². The van der Waals surface area contributed by atoms with E-state index in [-0.39, 0.29) is 16.7 Å². The van der Waals surface area contributed by atoms with Gasteiger partial charge < -0.3 is 9.47 Å². The highest BCUT2D eigenvalue weighted by atomic mass is 19.3. The summed E-state index contributed by atoms with van der Waals surface area (Å²) < 4.78 is 46.7. The van der Waals surface area contributed by atoms with Crippen LogP contribution in [0.2, 0.25) is 0 Å². The van der Waals surface area contributed by atoms with E-state index in [9.17, 15) is 18.0 Å². The molecule has 0 aliphatic rings. The van der Waals surface area contributed by atoms with E-state index in [1.807, 2.05) is 4.98 Å². The Balaban J connectivity index is 2.51. The lowest BCUT2D eigenvalue weighted by atomic mass is 10.3. The summed E-state index contributed by atoms with van der Waals surface area (Å²) in [4.78, 5) is 21.3. The van der Waals surface area contributed by atoms with Gasteiger partial charge in [0.25, 0.3) is 5.56 Å². The molecule has 0 aliphatic heterocycles. The molecule has 1 N–H and O–H groups in total. The Morgan fingerprint density at radius 3 is 2.80 bits per heavy atom. The summed E-state index contributed by atoms with van der Waals surface area (Å²) in [5.41, 5.74) is -0.741. The number of hydrogen-bond donors (Lipinski definition) is 1. The first kappa shape index (κ1) is 14.1. The van der Waals surface area contributed by atoms with Gasteiger partial charge in [0.1, 0.15) is 10.9 Å². The zero-order valence-electron chi connectivity index (χ0n) is 10.3. The molecular weight excluding hydrogens is 279 g/mol. The van der Waals surface area contributed by atoms with Gasteiger partial charge in [-0.05, 0) is 6.92 Å². The van der Waals surface area contributed by atoms with E-state index in [0.717, 1.165) is 0 Å². The van der Waals surface area contributed by atoms with Crippen LogP contribution in [0.1, 0.15) is 6.92 Å². The highest BCUT2D eigenvalue weighted by Gasteiger charge is 2.33. The average molecular weight is 289 g/mol. The molecule has 0 unspecified atom stereocenters. The lowest BCUT2D eigenvalue weighted by Gasteiger charge is -2.13. The van der Waals surface area contributed by atoms with E-state index in [4.69, 9.17) is 4.74 Å². The number of alkyl halides is 3. The van der Waals surface area contributed by atoms with Crippen molar-refractivity contribution in [3.05, 3.63) is 22.7 Å². The molecule has 0 saturated heterocycles. The van der Waals surface area contributed by atoms with Crippen molar-refractivity contribution in [1.29, 1.82) is 0 Å². The number of nitrogens with one attached hydrogen (secondary N) is 1. The standard InChI is InChI=1S/C11H10F3N3O3/c1-2-19-7-4-15-3-6-8(7)9(18)17-10(16-6)20-11(13,14)5-12/h3-4H,2,5H2,1H3,(H,16,17,18). The molecule has 0 radical (unpaired) electrons. The number of pyridine rings is 1. The van der Waals surface area contributed by atoms with Crippen LogP contribution in [0, 0.1) is 0 Å². The van der Waals surface area contributed by atoms with E-state index in [1.165, 1.54) is 12.4 Å². The summed E-state index contributed by atoms with van der Waals surface area (Å²) >= 11 is 0. The van der Waals surface area contributed by atoms with Crippen molar-refractivity contribution < 1.29 is 22.6 Å². The summed E-state index contributed by atoms with van der Waals surface area (Å²) in [5, 5.41) is 0.0535. The quantitative estimate of drug-likeness (QED) is 0.905. The largest absolute Gasteiger partial charge is 0.491 e. The molecule has 0 atom stereocenters. The maximum atomic E-state index is 12.8. The molecule has 2 heterocycles. The van der Waals surface area contributed by atoms with Crippen molar-refractivity contribution in [2.45, 2.75) is 13.0 Å². The van der Waals surface area contributed by atoms with Gasteiger partial charge >= 0.3 is 12.1 Å². The minimum absolute atomic E-state index is 0.00404. The Morgan fingerprint density at radius 1 is 1.40 bits per heavy atom. The third kappa shape index (κ3) is 2.81. The Labute approximate surface area is 110 Å². The summed E-state index contributed by atoms with van der Waals surface area (Å²) in [5.74, 6) is 0.169. The molecule has 6 nitrogen and oxygen atoms in total. The Hall–Kier alpha value is -2.32. The van der Waals surface area contributed by atoms with Gasteiger partial charge in [-0.3, -0.25) is 14.8 Å². The molecular formula is C11H10F3N3O3. The zero-order valence-corrected chi connectivity index (χ0v) is 10.3. The third-order valence-electron chi connectivity index (χ3n) is 2.26. The van der Waals surface area contributed by atoms with Crippen LogP contribution in [0.15, 0.2) is 17.2 Å². The van der Waals surface area contributed by atoms with E-state index in [1.54, 1.807) is 6.92 Å². The zero-order chi connectivity index (χ0) is 14.8. The lowest BCUT2D eigenvalue weighted by molar-refractivity contribution is -0.190. The van der Waals surface area contributed by atoms with Gasteiger partial charge in [-0.1, -0.05) is 0 Å². The molecule has 108 valence electrons. The molecule has 9 heteroatoms. The molecule has 0 aliphatic carbocycles. The van der Waals surface area contributed by atoms with Crippen LogP contribution in [0.5, 0.6) is 11.8 Å². The molecule has 0 aromatic carbocycles. The van der Waals surface area contributed by atoms with Gasteiger partial charge in [0, 0.05) is 0 Å². The first-order valence-corrected chi connectivity index (χ1v) is 5.60. The van der Waals surface area contributed by atoms with E-state index in [2.05, 4.69) is 14.7 Å². The monoisotopic (exact) mass is 289 g/mol. The van der Waals surface area contributed by atoms with Crippen molar-refractivity contribution >= 4 is 10.9 Å². The molecule has 2 aromatic rings. The van der Waals surface area contributed by atoms with Crippen molar-refractivity contribution in [3.63, 3.8) is 0 Å². The predicted molar refractivity (Wildman–Crippen MR) is 62.9 cm³/mol. The van der Waals surface area contributed by atoms with E-state index >= 15 is 0 Å². The fourth-order valence-corrected chi connectivity index (χ4v) is 1.52.